The highest BCUT2D eigenvalue weighted by Gasteiger charge is 2.30. The van der Waals surface area contributed by atoms with E-state index in [1.165, 1.54) is 4.31 Å². The van der Waals surface area contributed by atoms with Crippen molar-refractivity contribution in [2.75, 3.05) is 23.7 Å². The van der Waals surface area contributed by atoms with Gasteiger partial charge in [0.05, 0.1) is 11.9 Å². The molecule has 3 aromatic carbocycles. The summed E-state index contributed by atoms with van der Waals surface area (Å²) in [6.45, 7) is 4.91. The van der Waals surface area contributed by atoms with Crippen LogP contribution < -0.4 is 9.62 Å². The molecule has 0 saturated heterocycles. The molecule has 3 rings (SSSR count). The van der Waals surface area contributed by atoms with E-state index < -0.39 is 16.1 Å². The van der Waals surface area contributed by atoms with Gasteiger partial charge in [-0.1, -0.05) is 92.2 Å². The van der Waals surface area contributed by atoms with Gasteiger partial charge >= 0.3 is 0 Å². The fraction of sp³-hybridized carbons (Fsp3) is 0.355. The van der Waals surface area contributed by atoms with Gasteiger partial charge in [0, 0.05) is 37.5 Å². The zero-order valence-electron chi connectivity index (χ0n) is 23.3. The van der Waals surface area contributed by atoms with Gasteiger partial charge in [0.1, 0.15) is 6.04 Å². The molecule has 1 atom stereocenters. The average molecular weight is 584 g/mol. The Balaban J connectivity index is 1.85. The minimum atomic E-state index is -3.60. The van der Waals surface area contributed by atoms with E-state index in [1.54, 1.807) is 29.2 Å². The summed E-state index contributed by atoms with van der Waals surface area (Å²) in [5.74, 6) is -0.171. The van der Waals surface area contributed by atoms with Gasteiger partial charge in [-0.15, -0.1) is 0 Å². The predicted molar refractivity (Wildman–Crippen MR) is 162 cm³/mol. The van der Waals surface area contributed by atoms with Crippen LogP contribution in [0.2, 0.25) is 5.02 Å². The van der Waals surface area contributed by atoms with Crippen molar-refractivity contribution in [1.82, 2.24) is 10.2 Å². The molecule has 0 spiro atoms. The summed E-state index contributed by atoms with van der Waals surface area (Å²) in [5, 5.41) is 3.44. The number of hydrogen-bond acceptors (Lipinski definition) is 4. The molecule has 0 saturated carbocycles. The molecule has 9 heteroatoms. The number of carbonyl (C=O) groups is 2. The first-order valence-corrected chi connectivity index (χ1v) is 15.7. The van der Waals surface area contributed by atoms with Gasteiger partial charge in [-0.05, 0) is 41.7 Å². The molecule has 0 aliphatic rings. The molecule has 0 aliphatic heterocycles. The Morgan fingerprint density at radius 1 is 0.900 bits per heavy atom. The number of nitrogens with zero attached hydrogens (tertiary/aromatic N) is 2. The summed E-state index contributed by atoms with van der Waals surface area (Å²) in [5.41, 5.74) is 2.29. The molecule has 7 nitrogen and oxygen atoms in total. The van der Waals surface area contributed by atoms with Crippen molar-refractivity contribution >= 4 is 39.1 Å². The highest BCUT2D eigenvalue weighted by molar-refractivity contribution is 7.92. The van der Waals surface area contributed by atoms with Crippen molar-refractivity contribution < 1.29 is 18.0 Å². The van der Waals surface area contributed by atoms with Crippen molar-refractivity contribution in [2.45, 2.75) is 45.7 Å². The lowest BCUT2D eigenvalue weighted by Crippen LogP contribution is -2.51. The van der Waals surface area contributed by atoms with E-state index in [0.717, 1.165) is 17.4 Å². The summed E-state index contributed by atoms with van der Waals surface area (Å²) in [6, 6.07) is 25.1. The van der Waals surface area contributed by atoms with Gasteiger partial charge in [0.15, 0.2) is 0 Å². The van der Waals surface area contributed by atoms with E-state index in [2.05, 4.69) is 5.32 Å². The Bertz CT molecular complexity index is 1350. The molecule has 0 heterocycles. The summed E-state index contributed by atoms with van der Waals surface area (Å²) >= 11 is 6.10. The van der Waals surface area contributed by atoms with E-state index in [9.17, 15) is 18.0 Å². The maximum Gasteiger partial charge on any atom is 0.243 e. The monoisotopic (exact) mass is 583 g/mol. The third kappa shape index (κ3) is 9.68. The smallest absolute Gasteiger partial charge is 0.243 e. The number of nitrogens with one attached hydrogen (secondary N) is 1. The molecule has 0 fully saturated rings. The molecular weight excluding hydrogens is 546 g/mol. The number of anilines is 1. The summed E-state index contributed by atoms with van der Waals surface area (Å²) in [6.07, 6.45) is 1.84. The molecular formula is C31H38ClN3O4S. The Kier molecular flexibility index (Phi) is 11.6. The lowest BCUT2D eigenvalue weighted by Gasteiger charge is -2.32. The van der Waals surface area contributed by atoms with E-state index in [4.69, 9.17) is 11.6 Å². The van der Waals surface area contributed by atoms with Crippen LogP contribution in [0.4, 0.5) is 5.69 Å². The van der Waals surface area contributed by atoms with Crippen LogP contribution in [0.15, 0.2) is 84.9 Å². The first-order chi connectivity index (χ1) is 19.0. The van der Waals surface area contributed by atoms with Crippen LogP contribution in [0.3, 0.4) is 0 Å². The third-order valence-electron chi connectivity index (χ3n) is 6.40. The van der Waals surface area contributed by atoms with Crippen molar-refractivity contribution in [1.29, 1.82) is 0 Å². The summed E-state index contributed by atoms with van der Waals surface area (Å²) in [7, 11) is -3.60. The van der Waals surface area contributed by atoms with Gasteiger partial charge in [0.25, 0.3) is 0 Å². The fourth-order valence-corrected chi connectivity index (χ4v) is 5.53. The first-order valence-electron chi connectivity index (χ1n) is 13.4. The van der Waals surface area contributed by atoms with Gasteiger partial charge in [-0.2, -0.15) is 0 Å². The number of sulfonamides is 1. The van der Waals surface area contributed by atoms with Crippen molar-refractivity contribution in [2.24, 2.45) is 5.92 Å². The Hall–Kier alpha value is -3.36. The van der Waals surface area contributed by atoms with Gasteiger partial charge < -0.3 is 10.2 Å². The van der Waals surface area contributed by atoms with Crippen LogP contribution >= 0.6 is 11.6 Å². The van der Waals surface area contributed by atoms with Crippen LogP contribution in [-0.2, 0) is 32.6 Å². The van der Waals surface area contributed by atoms with Crippen LogP contribution in [0.1, 0.15) is 37.8 Å². The molecule has 214 valence electrons. The highest BCUT2D eigenvalue weighted by atomic mass is 35.5. The lowest BCUT2D eigenvalue weighted by molar-refractivity contribution is -0.141. The maximum atomic E-state index is 13.8. The lowest BCUT2D eigenvalue weighted by atomic mass is 10.0. The minimum absolute atomic E-state index is 0.0716. The molecule has 0 aromatic heterocycles. The molecule has 3 aromatic rings. The molecule has 0 aliphatic carbocycles. The predicted octanol–water partition coefficient (Wildman–Crippen LogP) is 5.30. The van der Waals surface area contributed by atoms with E-state index in [-0.39, 0.29) is 43.7 Å². The highest BCUT2D eigenvalue weighted by Crippen LogP contribution is 2.23. The fourth-order valence-electron chi connectivity index (χ4n) is 4.39. The quantitative estimate of drug-likeness (QED) is 0.279. The second kappa shape index (κ2) is 14.9. The number of rotatable bonds is 14. The third-order valence-corrected chi connectivity index (χ3v) is 7.83. The van der Waals surface area contributed by atoms with Crippen molar-refractivity contribution in [3.63, 3.8) is 0 Å². The Morgan fingerprint density at radius 3 is 2.10 bits per heavy atom. The number of halogens is 1. The minimum Gasteiger partial charge on any atom is -0.354 e. The zero-order valence-corrected chi connectivity index (χ0v) is 24.9. The van der Waals surface area contributed by atoms with Crippen LogP contribution in [0.5, 0.6) is 0 Å². The Labute approximate surface area is 243 Å². The van der Waals surface area contributed by atoms with Gasteiger partial charge in [-0.3, -0.25) is 13.9 Å². The molecule has 0 radical (unpaired) electrons. The van der Waals surface area contributed by atoms with Crippen LogP contribution in [0, 0.1) is 5.92 Å². The standard InChI is InChI=1S/C31H38ClN3O4S/c1-24(2)22-33-31(37)29(20-25-12-6-4-7-13-25)34(23-26-14-8-5-9-15-26)30(36)18-11-19-35(40(3,38)39)28-17-10-16-27(32)21-28/h4-10,12-17,21,24,29H,11,18-20,22-23H2,1-3H3,(H,33,37)/t29-/m0/s1. The molecule has 1 N–H and O–H groups in total. The second-order valence-corrected chi connectivity index (χ2v) is 12.6. The number of benzene rings is 3. The summed E-state index contributed by atoms with van der Waals surface area (Å²) in [4.78, 5) is 28.9. The zero-order chi connectivity index (χ0) is 29.1. The first kappa shape index (κ1) is 31.2. The van der Waals surface area contributed by atoms with E-state index >= 15 is 0 Å². The van der Waals surface area contributed by atoms with E-state index in [1.807, 2.05) is 74.5 Å². The van der Waals surface area contributed by atoms with Crippen molar-refractivity contribution in [3.05, 3.63) is 101 Å². The van der Waals surface area contributed by atoms with E-state index in [0.29, 0.717) is 23.7 Å². The van der Waals surface area contributed by atoms with Crippen LogP contribution in [-0.4, -0.2) is 50.5 Å². The molecule has 2 amide bonds. The summed E-state index contributed by atoms with van der Waals surface area (Å²) < 4.78 is 26.4. The SMILES string of the molecule is CC(C)CNC(=O)[C@H](Cc1ccccc1)N(Cc1ccccc1)C(=O)CCCN(c1cccc(Cl)c1)S(C)(=O)=O. The number of amides is 2. The van der Waals surface area contributed by atoms with Gasteiger partial charge in [0.2, 0.25) is 21.8 Å². The maximum absolute atomic E-state index is 13.8. The largest absolute Gasteiger partial charge is 0.354 e. The number of hydrogen-bond donors (Lipinski definition) is 1. The van der Waals surface area contributed by atoms with Crippen molar-refractivity contribution in [3.8, 4) is 0 Å². The molecule has 0 unspecified atom stereocenters. The average Bonchev–Trinajstić information content (AvgIpc) is 2.92. The van der Waals surface area contributed by atoms with Crippen LogP contribution in [0.25, 0.3) is 0 Å². The normalized spacial score (nSPS) is 12.1. The van der Waals surface area contributed by atoms with Gasteiger partial charge in [-0.25, -0.2) is 8.42 Å². The topological polar surface area (TPSA) is 86.8 Å². The second-order valence-electron chi connectivity index (χ2n) is 10.3. The molecule has 40 heavy (non-hydrogen) atoms. The number of carbonyl (C=O) groups excluding carboxylic acids is 2. The molecule has 0 bridgehead atoms. The Morgan fingerprint density at radius 2 is 1.52 bits per heavy atom.